The van der Waals surface area contributed by atoms with Crippen LogP contribution in [0.3, 0.4) is 0 Å². The summed E-state index contributed by atoms with van der Waals surface area (Å²) in [5.41, 5.74) is 2.82. The standard InChI is InChI=1S/C11H14N6O/c1-7-9(8(2)17-16-7)5-14-11(18)15-10-6-12-3-4-13-10/h3-4,6H,5H2,1-2H3,(H,16,17)(H2,13,14,15,18). The van der Waals surface area contributed by atoms with Crippen molar-refractivity contribution in [1.29, 1.82) is 0 Å². The van der Waals surface area contributed by atoms with Gasteiger partial charge in [-0.25, -0.2) is 9.78 Å². The third-order valence-electron chi connectivity index (χ3n) is 2.51. The van der Waals surface area contributed by atoms with Crippen LogP contribution in [0, 0.1) is 13.8 Å². The summed E-state index contributed by atoms with van der Waals surface area (Å²) >= 11 is 0. The van der Waals surface area contributed by atoms with Crippen LogP contribution in [0.25, 0.3) is 0 Å². The molecule has 3 N–H and O–H groups in total. The predicted octanol–water partition coefficient (Wildman–Crippen LogP) is 1.14. The van der Waals surface area contributed by atoms with Crippen molar-refractivity contribution in [3.63, 3.8) is 0 Å². The van der Waals surface area contributed by atoms with Gasteiger partial charge in [0.15, 0.2) is 5.82 Å². The first-order valence-electron chi connectivity index (χ1n) is 5.48. The maximum atomic E-state index is 11.6. The van der Waals surface area contributed by atoms with Crippen molar-refractivity contribution in [1.82, 2.24) is 25.5 Å². The molecule has 2 heterocycles. The van der Waals surface area contributed by atoms with Gasteiger partial charge in [0, 0.05) is 30.2 Å². The van der Waals surface area contributed by atoms with Gasteiger partial charge < -0.3 is 5.32 Å². The smallest absolute Gasteiger partial charge is 0.320 e. The molecule has 7 nitrogen and oxygen atoms in total. The van der Waals surface area contributed by atoms with Crippen LogP contribution in [0.1, 0.15) is 17.0 Å². The largest absolute Gasteiger partial charge is 0.334 e. The number of nitrogens with zero attached hydrogens (tertiary/aromatic N) is 3. The molecule has 0 aliphatic carbocycles. The van der Waals surface area contributed by atoms with Gasteiger partial charge in [-0.2, -0.15) is 5.10 Å². The molecule has 0 bridgehead atoms. The number of hydrogen-bond acceptors (Lipinski definition) is 4. The molecule has 7 heteroatoms. The maximum absolute atomic E-state index is 11.6. The molecule has 0 unspecified atom stereocenters. The van der Waals surface area contributed by atoms with Crippen LogP contribution in [0.2, 0.25) is 0 Å². The molecule has 2 rings (SSSR count). The minimum atomic E-state index is -0.324. The molecule has 2 aromatic heterocycles. The molecule has 0 atom stereocenters. The average Bonchev–Trinajstić information content (AvgIpc) is 2.68. The number of hydrogen-bond donors (Lipinski definition) is 3. The van der Waals surface area contributed by atoms with Crippen LogP contribution < -0.4 is 10.6 Å². The molecule has 0 aromatic carbocycles. The normalized spacial score (nSPS) is 10.1. The zero-order valence-electron chi connectivity index (χ0n) is 10.2. The number of H-pyrrole nitrogens is 1. The van der Waals surface area contributed by atoms with Crippen LogP contribution in [-0.2, 0) is 6.54 Å². The molecule has 2 aromatic rings. The molecule has 0 saturated carbocycles. The molecular formula is C11H14N6O. The fraction of sp³-hybridized carbons (Fsp3) is 0.273. The third-order valence-corrected chi connectivity index (χ3v) is 2.51. The van der Waals surface area contributed by atoms with Crippen LogP contribution in [0.5, 0.6) is 0 Å². The van der Waals surface area contributed by atoms with E-state index in [1.807, 2.05) is 13.8 Å². The quantitative estimate of drug-likeness (QED) is 0.756. The number of rotatable bonds is 3. The van der Waals surface area contributed by atoms with Gasteiger partial charge in [0.05, 0.1) is 11.9 Å². The first kappa shape index (κ1) is 12.0. The Morgan fingerprint density at radius 2 is 2.22 bits per heavy atom. The second-order valence-electron chi connectivity index (χ2n) is 3.81. The average molecular weight is 246 g/mol. The summed E-state index contributed by atoms with van der Waals surface area (Å²) in [4.78, 5) is 19.4. The van der Waals surface area contributed by atoms with E-state index in [9.17, 15) is 4.79 Å². The lowest BCUT2D eigenvalue weighted by Gasteiger charge is -2.06. The molecule has 0 fully saturated rings. The Hall–Kier alpha value is -2.44. The van der Waals surface area contributed by atoms with E-state index >= 15 is 0 Å². The Kier molecular flexibility index (Phi) is 3.52. The van der Waals surface area contributed by atoms with Crippen molar-refractivity contribution in [2.45, 2.75) is 20.4 Å². The molecule has 0 radical (unpaired) electrons. The summed E-state index contributed by atoms with van der Waals surface area (Å²) in [6.07, 6.45) is 4.54. The van der Waals surface area contributed by atoms with E-state index in [4.69, 9.17) is 0 Å². The highest BCUT2D eigenvalue weighted by Gasteiger charge is 2.08. The number of carbonyl (C=O) groups excluding carboxylic acids is 1. The van der Waals surface area contributed by atoms with E-state index < -0.39 is 0 Å². The lowest BCUT2D eigenvalue weighted by Crippen LogP contribution is -2.28. The summed E-state index contributed by atoms with van der Waals surface area (Å²) in [6.45, 7) is 4.22. The lowest BCUT2D eigenvalue weighted by molar-refractivity contribution is 0.251. The van der Waals surface area contributed by atoms with Crippen molar-refractivity contribution in [2.75, 3.05) is 5.32 Å². The second-order valence-corrected chi connectivity index (χ2v) is 3.81. The second kappa shape index (κ2) is 5.26. The van der Waals surface area contributed by atoms with Crippen LogP contribution in [-0.4, -0.2) is 26.2 Å². The summed E-state index contributed by atoms with van der Waals surface area (Å²) < 4.78 is 0. The van der Waals surface area contributed by atoms with Crippen molar-refractivity contribution >= 4 is 11.8 Å². The topological polar surface area (TPSA) is 95.6 Å². The van der Waals surface area contributed by atoms with Gasteiger partial charge in [0.25, 0.3) is 0 Å². The molecule has 2 amide bonds. The highest BCUT2D eigenvalue weighted by molar-refractivity contribution is 5.87. The van der Waals surface area contributed by atoms with Crippen LogP contribution >= 0.6 is 0 Å². The highest BCUT2D eigenvalue weighted by atomic mass is 16.2. The number of carbonyl (C=O) groups is 1. The van der Waals surface area contributed by atoms with E-state index in [2.05, 4.69) is 30.8 Å². The van der Waals surface area contributed by atoms with Gasteiger partial charge in [-0.3, -0.25) is 15.4 Å². The first-order valence-corrected chi connectivity index (χ1v) is 5.48. The number of aryl methyl sites for hydroxylation is 2. The Morgan fingerprint density at radius 1 is 1.39 bits per heavy atom. The monoisotopic (exact) mass is 246 g/mol. The maximum Gasteiger partial charge on any atom is 0.320 e. The fourth-order valence-electron chi connectivity index (χ4n) is 1.53. The van der Waals surface area contributed by atoms with Gasteiger partial charge in [-0.15, -0.1) is 0 Å². The molecule has 0 saturated heterocycles. The molecule has 18 heavy (non-hydrogen) atoms. The Balaban J connectivity index is 1.89. The molecule has 0 spiro atoms. The minimum absolute atomic E-state index is 0.324. The van der Waals surface area contributed by atoms with Gasteiger partial charge in [-0.05, 0) is 13.8 Å². The molecule has 94 valence electrons. The molecular weight excluding hydrogens is 232 g/mol. The van der Waals surface area contributed by atoms with Crippen LogP contribution in [0.4, 0.5) is 10.6 Å². The van der Waals surface area contributed by atoms with Gasteiger partial charge >= 0.3 is 6.03 Å². The number of aromatic nitrogens is 4. The summed E-state index contributed by atoms with van der Waals surface area (Å²) in [5, 5.41) is 12.3. The fourth-order valence-corrected chi connectivity index (χ4v) is 1.53. The Bertz CT molecular complexity index is 516. The highest BCUT2D eigenvalue weighted by Crippen LogP contribution is 2.08. The van der Waals surface area contributed by atoms with E-state index in [-0.39, 0.29) is 6.03 Å². The zero-order valence-corrected chi connectivity index (χ0v) is 10.2. The molecule has 0 aliphatic rings. The van der Waals surface area contributed by atoms with Gasteiger partial charge in [0.2, 0.25) is 0 Å². The van der Waals surface area contributed by atoms with Crippen molar-refractivity contribution in [3.05, 3.63) is 35.5 Å². The number of amides is 2. The number of urea groups is 1. The number of anilines is 1. The summed E-state index contributed by atoms with van der Waals surface area (Å²) in [5.74, 6) is 0.413. The third kappa shape index (κ3) is 2.82. The Morgan fingerprint density at radius 3 is 2.83 bits per heavy atom. The van der Waals surface area contributed by atoms with E-state index in [0.717, 1.165) is 17.0 Å². The Labute approximate surface area is 104 Å². The van der Waals surface area contributed by atoms with Crippen LogP contribution in [0.15, 0.2) is 18.6 Å². The minimum Gasteiger partial charge on any atom is -0.334 e. The number of nitrogens with one attached hydrogen (secondary N) is 3. The SMILES string of the molecule is Cc1n[nH]c(C)c1CNC(=O)Nc1cnccn1. The summed E-state index contributed by atoms with van der Waals surface area (Å²) in [7, 11) is 0. The van der Waals surface area contributed by atoms with Crippen molar-refractivity contribution < 1.29 is 4.79 Å². The lowest BCUT2D eigenvalue weighted by atomic mass is 10.2. The predicted molar refractivity (Wildman–Crippen MR) is 66.0 cm³/mol. The van der Waals surface area contributed by atoms with Crippen molar-refractivity contribution in [3.8, 4) is 0 Å². The molecule has 0 aliphatic heterocycles. The summed E-state index contributed by atoms with van der Waals surface area (Å²) in [6, 6.07) is -0.324. The van der Waals surface area contributed by atoms with Gasteiger partial charge in [0.1, 0.15) is 0 Å². The van der Waals surface area contributed by atoms with E-state index in [1.165, 1.54) is 12.4 Å². The zero-order chi connectivity index (χ0) is 13.0. The van der Waals surface area contributed by atoms with Crippen molar-refractivity contribution in [2.24, 2.45) is 0 Å². The van der Waals surface area contributed by atoms with E-state index in [0.29, 0.717) is 12.4 Å². The first-order chi connectivity index (χ1) is 8.66. The van der Waals surface area contributed by atoms with E-state index in [1.54, 1.807) is 6.20 Å². The number of aromatic amines is 1. The van der Waals surface area contributed by atoms with Gasteiger partial charge in [-0.1, -0.05) is 0 Å².